The molecule has 1 saturated heterocycles. The lowest BCUT2D eigenvalue weighted by Crippen LogP contribution is -2.56. The molecule has 1 rings (SSSR count). The second kappa shape index (κ2) is 6.71. The molecule has 0 bridgehead atoms. The van der Waals surface area contributed by atoms with Crippen LogP contribution in [-0.4, -0.2) is 36.5 Å². The third kappa shape index (κ3) is 4.44. The predicted octanol–water partition coefficient (Wildman–Crippen LogP) is 0.158. The smallest absolute Gasteiger partial charge is 0.243 e. The molecule has 3 N–H and O–H groups in total. The van der Waals surface area contributed by atoms with Gasteiger partial charge < -0.3 is 10.6 Å². The van der Waals surface area contributed by atoms with E-state index in [1.165, 1.54) is 0 Å². The number of hydrogen-bond acceptors (Lipinski definition) is 4. The molecule has 0 aromatic rings. The van der Waals surface area contributed by atoms with Crippen LogP contribution in [0.4, 0.5) is 0 Å². The van der Waals surface area contributed by atoms with Crippen molar-refractivity contribution in [3.05, 3.63) is 0 Å². The molecule has 1 aliphatic rings. The van der Waals surface area contributed by atoms with E-state index in [4.69, 9.17) is 0 Å². The summed E-state index contributed by atoms with van der Waals surface area (Å²) < 4.78 is 0. The second-order valence-electron chi connectivity index (χ2n) is 4.70. The molecule has 3 atom stereocenters. The van der Waals surface area contributed by atoms with Gasteiger partial charge in [-0.1, -0.05) is 6.92 Å². The van der Waals surface area contributed by atoms with Crippen molar-refractivity contribution in [1.82, 2.24) is 16.0 Å². The van der Waals surface area contributed by atoms with Crippen LogP contribution < -0.4 is 16.0 Å². The molecule has 2 amide bonds. The summed E-state index contributed by atoms with van der Waals surface area (Å²) in [6.45, 7) is 7.25. The van der Waals surface area contributed by atoms with Crippen LogP contribution in [0.25, 0.3) is 0 Å². The molecule has 0 aromatic heterocycles. The summed E-state index contributed by atoms with van der Waals surface area (Å²) in [5.41, 5.74) is 0. The number of amides is 2. The van der Waals surface area contributed by atoms with Gasteiger partial charge in [0.05, 0.1) is 6.04 Å². The molecule has 0 aliphatic carbocycles. The first-order valence-electron chi connectivity index (χ1n) is 6.37. The molecule has 2 unspecified atom stereocenters. The molecule has 0 saturated carbocycles. The van der Waals surface area contributed by atoms with Gasteiger partial charge in [-0.2, -0.15) is 0 Å². The van der Waals surface area contributed by atoms with E-state index >= 15 is 0 Å². The average molecular weight is 241 g/mol. The SMILES string of the molecule is CCCNC(C)[C@H](C)NC1CCC(=O)NC1=O. The molecule has 0 spiro atoms. The topological polar surface area (TPSA) is 70.2 Å². The summed E-state index contributed by atoms with van der Waals surface area (Å²) in [5.74, 6) is -0.367. The number of carbonyl (C=O) groups excluding carboxylic acids is 2. The molecule has 0 aromatic carbocycles. The zero-order valence-electron chi connectivity index (χ0n) is 10.9. The van der Waals surface area contributed by atoms with Gasteiger partial charge in [-0.25, -0.2) is 0 Å². The fraction of sp³-hybridized carbons (Fsp3) is 0.833. The second-order valence-corrected chi connectivity index (χ2v) is 4.70. The first kappa shape index (κ1) is 14.1. The number of hydrogen-bond donors (Lipinski definition) is 3. The predicted molar refractivity (Wildman–Crippen MR) is 66.5 cm³/mol. The van der Waals surface area contributed by atoms with Gasteiger partial charge in [0.1, 0.15) is 0 Å². The Bertz CT molecular complexity index is 281. The van der Waals surface area contributed by atoms with Crippen LogP contribution in [0.3, 0.4) is 0 Å². The molecule has 1 heterocycles. The molecule has 0 radical (unpaired) electrons. The molecule has 1 aliphatic heterocycles. The maximum absolute atomic E-state index is 11.6. The summed E-state index contributed by atoms with van der Waals surface area (Å²) >= 11 is 0. The summed E-state index contributed by atoms with van der Waals surface area (Å²) in [6, 6.07) is 0.263. The average Bonchev–Trinajstić information content (AvgIpc) is 2.29. The minimum Gasteiger partial charge on any atom is -0.313 e. The van der Waals surface area contributed by atoms with E-state index in [0.717, 1.165) is 13.0 Å². The number of carbonyl (C=O) groups is 2. The highest BCUT2D eigenvalue weighted by atomic mass is 16.2. The van der Waals surface area contributed by atoms with E-state index in [2.05, 4.69) is 36.7 Å². The highest BCUT2D eigenvalue weighted by molar-refractivity contribution is 6.00. The van der Waals surface area contributed by atoms with Crippen molar-refractivity contribution in [3.63, 3.8) is 0 Å². The Kier molecular flexibility index (Phi) is 5.58. The monoisotopic (exact) mass is 241 g/mol. The van der Waals surface area contributed by atoms with Crippen molar-refractivity contribution in [2.45, 2.75) is 58.2 Å². The van der Waals surface area contributed by atoms with E-state index < -0.39 is 0 Å². The van der Waals surface area contributed by atoms with Gasteiger partial charge in [-0.05, 0) is 33.2 Å². The highest BCUT2D eigenvalue weighted by Crippen LogP contribution is 2.06. The van der Waals surface area contributed by atoms with Crippen molar-refractivity contribution in [1.29, 1.82) is 0 Å². The van der Waals surface area contributed by atoms with E-state index in [1.54, 1.807) is 0 Å². The molecule has 1 fully saturated rings. The fourth-order valence-electron chi connectivity index (χ4n) is 1.86. The van der Waals surface area contributed by atoms with Gasteiger partial charge in [-0.3, -0.25) is 14.9 Å². The van der Waals surface area contributed by atoms with Gasteiger partial charge in [0.2, 0.25) is 11.8 Å². The van der Waals surface area contributed by atoms with Gasteiger partial charge in [0.25, 0.3) is 0 Å². The fourth-order valence-corrected chi connectivity index (χ4v) is 1.86. The van der Waals surface area contributed by atoms with Gasteiger partial charge >= 0.3 is 0 Å². The minimum absolute atomic E-state index is 0.169. The molecular formula is C12H23N3O2. The number of imide groups is 1. The lowest BCUT2D eigenvalue weighted by molar-refractivity contribution is -0.134. The largest absolute Gasteiger partial charge is 0.313 e. The Labute approximate surface area is 103 Å². The van der Waals surface area contributed by atoms with Crippen LogP contribution in [0.2, 0.25) is 0 Å². The summed E-state index contributed by atoms with van der Waals surface area (Å²) in [5, 5.41) is 9.01. The Hall–Kier alpha value is -0.940. The first-order chi connectivity index (χ1) is 8.04. The van der Waals surface area contributed by atoms with Crippen molar-refractivity contribution in [2.24, 2.45) is 0 Å². The number of piperidine rings is 1. The van der Waals surface area contributed by atoms with Crippen molar-refractivity contribution in [2.75, 3.05) is 6.54 Å². The molecule has 5 nitrogen and oxygen atoms in total. The normalized spacial score (nSPS) is 24.3. The lowest BCUT2D eigenvalue weighted by Gasteiger charge is -2.29. The van der Waals surface area contributed by atoms with Gasteiger partial charge in [0, 0.05) is 18.5 Å². The van der Waals surface area contributed by atoms with Crippen molar-refractivity contribution >= 4 is 11.8 Å². The summed E-state index contributed by atoms with van der Waals surface area (Å²) in [6.07, 6.45) is 2.11. The maximum atomic E-state index is 11.6. The third-order valence-corrected chi connectivity index (χ3v) is 3.17. The Morgan fingerprint density at radius 2 is 2.06 bits per heavy atom. The molecule has 5 heteroatoms. The first-order valence-corrected chi connectivity index (χ1v) is 6.37. The van der Waals surface area contributed by atoms with E-state index in [0.29, 0.717) is 18.9 Å². The van der Waals surface area contributed by atoms with Crippen LogP contribution >= 0.6 is 0 Å². The van der Waals surface area contributed by atoms with Crippen LogP contribution in [0.15, 0.2) is 0 Å². The minimum atomic E-state index is -0.242. The number of rotatable bonds is 6. The Morgan fingerprint density at radius 1 is 1.35 bits per heavy atom. The number of nitrogens with one attached hydrogen (secondary N) is 3. The van der Waals surface area contributed by atoms with E-state index in [1.807, 2.05) is 0 Å². The summed E-state index contributed by atoms with van der Waals surface area (Å²) in [7, 11) is 0. The van der Waals surface area contributed by atoms with E-state index in [-0.39, 0.29) is 23.9 Å². The Balaban J connectivity index is 2.37. The standard InChI is InChI=1S/C12H23N3O2/c1-4-7-13-8(2)9(3)14-10-5-6-11(16)15-12(10)17/h8-10,13-14H,4-7H2,1-3H3,(H,15,16,17)/t8?,9-,10?/m0/s1. The van der Waals surface area contributed by atoms with Crippen LogP contribution in [-0.2, 0) is 9.59 Å². The van der Waals surface area contributed by atoms with E-state index in [9.17, 15) is 9.59 Å². The lowest BCUT2D eigenvalue weighted by atomic mass is 10.0. The van der Waals surface area contributed by atoms with Crippen molar-refractivity contribution in [3.8, 4) is 0 Å². The van der Waals surface area contributed by atoms with Gasteiger partial charge in [0.15, 0.2) is 0 Å². The molecular weight excluding hydrogens is 218 g/mol. The van der Waals surface area contributed by atoms with Gasteiger partial charge in [-0.15, -0.1) is 0 Å². The van der Waals surface area contributed by atoms with Crippen molar-refractivity contribution < 1.29 is 9.59 Å². The zero-order chi connectivity index (χ0) is 12.8. The van der Waals surface area contributed by atoms with Crippen LogP contribution in [0, 0.1) is 0 Å². The maximum Gasteiger partial charge on any atom is 0.243 e. The molecule has 17 heavy (non-hydrogen) atoms. The molecule has 98 valence electrons. The van der Waals surface area contributed by atoms with Crippen LogP contribution in [0.5, 0.6) is 0 Å². The zero-order valence-corrected chi connectivity index (χ0v) is 10.9. The third-order valence-electron chi connectivity index (χ3n) is 3.17. The van der Waals surface area contributed by atoms with Crippen LogP contribution in [0.1, 0.15) is 40.0 Å². The Morgan fingerprint density at radius 3 is 2.65 bits per heavy atom. The quantitative estimate of drug-likeness (QED) is 0.579. The summed E-state index contributed by atoms with van der Waals surface area (Å²) in [4.78, 5) is 22.6. The highest BCUT2D eigenvalue weighted by Gasteiger charge is 2.28.